The summed E-state index contributed by atoms with van der Waals surface area (Å²) in [6, 6.07) is 0.428. The summed E-state index contributed by atoms with van der Waals surface area (Å²) in [6.45, 7) is 15.6. The predicted octanol–water partition coefficient (Wildman–Crippen LogP) is 1.99. The predicted molar refractivity (Wildman–Crippen MR) is 125 cm³/mol. The van der Waals surface area contributed by atoms with Gasteiger partial charge in [-0.3, -0.25) is 9.89 Å². The Morgan fingerprint density at radius 3 is 2.36 bits per heavy atom. The number of ether oxygens (including phenoxy) is 2. The second-order valence-electron chi connectivity index (χ2n) is 8.24. The van der Waals surface area contributed by atoms with Gasteiger partial charge in [-0.05, 0) is 26.7 Å². The highest BCUT2D eigenvalue weighted by Crippen LogP contribution is 2.12. The molecule has 1 rings (SSSR count). The standard InChI is InChI=1S/C19H39N5O3.HI/c1-15(2)16(24-10-12-26-13-11-24)14-22-17(20-6)21-8-9-23(7)18(25)27-19(3,4)5;/h15-16H,8-14H2,1-7H3,(H2,20,21,22);1H. The molecule has 1 saturated heterocycles. The molecule has 1 heterocycles. The molecule has 28 heavy (non-hydrogen) atoms. The molecule has 9 heteroatoms. The van der Waals surface area contributed by atoms with Crippen molar-refractivity contribution in [2.45, 2.75) is 46.3 Å². The Bertz CT molecular complexity index is 477. The number of aliphatic imine (C=N–C) groups is 1. The molecule has 0 saturated carbocycles. The second-order valence-corrected chi connectivity index (χ2v) is 8.24. The number of nitrogens with zero attached hydrogens (tertiary/aromatic N) is 3. The van der Waals surface area contributed by atoms with E-state index in [0.717, 1.165) is 38.8 Å². The zero-order chi connectivity index (χ0) is 20.4. The Morgan fingerprint density at radius 2 is 1.86 bits per heavy atom. The highest BCUT2D eigenvalue weighted by atomic mass is 127. The summed E-state index contributed by atoms with van der Waals surface area (Å²) in [7, 11) is 3.49. The molecule has 0 radical (unpaired) electrons. The van der Waals surface area contributed by atoms with E-state index >= 15 is 0 Å². The fourth-order valence-corrected chi connectivity index (χ4v) is 2.89. The summed E-state index contributed by atoms with van der Waals surface area (Å²) in [6.07, 6.45) is -0.320. The van der Waals surface area contributed by atoms with E-state index in [4.69, 9.17) is 9.47 Å². The molecular formula is C19H40IN5O3. The first-order chi connectivity index (χ1) is 12.6. The van der Waals surface area contributed by atoms with Crippen LogP contribution < -0.4 is 10.6 Å². The summed E-state index contributed by atoms with van der Waals surface area (Å²) in [4.78, 5) is 20.3. The number of carbonyl (C=O) groups is 1. The number of hydrogen-bond donors (Lipinski definition) is 2. The minimum atomic E-state index is -0.484. The molecule has 1 amide bonds. The monoisotopic (exact) mass is 513 g/mol. The van der Waals surface area contributed by atoms with Crippen LogP contribution in [-0.4, -0.2) is 93.5 Å². The average molecular weight is 513 g/mol. The maximum absolute atomic E-state index is 12.0. The number of halogens is 1. The van der Waals surface area contributed by atoms with E-state index in [1.165, 1.54) is 0 Å². The van der Waals surface area contributed by atoms with Crippen LogP contribution >= 0.6 is 24.0 Å². The Kier molecular flexibility index (Phi) is 13.0. The maximum atomic E-state index is 12.0. The molecule has 1 atom stereocenters. The molecule has 1 aliphatic heterocycles. The normalized spacial score (nSPS) is 16.9. The van der Waals surface area contributed by atoms with Crippen molar-refractivity contribution < 1.29 is 14.3 Å². The number of likely N-dealkylation sites (N-methyl/N-ethyl adjacent to an activating group) is 1. The van der Waals surface area contributed by atoms with Crippen molar-refractivity contribution in [2.75, 3.05) is 60.0 Å². The number of morpholine rings is 1. The number of carbonyl (C=O) groups excluding carboxylic acids is 1. The van der Waals surface area contributed by atoms with Crippen LogP contribution in [0.2, 0.25) is 0 Å². The third-order valence-electron chi connectivity index (χ3n) is 4.43. The maximum Gasteiger partial charge on any atom is 0.410 e. The van der Waals surface area contributed by atoms with Crippen molar-refractivity contribution in [3.8, 4) is 0 Å². The minimum absolute atomic E-state index is 0. The SMILES string of the molecule is CN=C(NCCN(C)C(=O)OC(C)(C)C)NCC(C(C)C)N1CCOCC1.I. The molecule has 0 aromatic carbocycles. The van der Waals surface area contributed by atoms with Crippen LogP contribution in [0.4, 0.5) is 4.79 Å². The van der Waals surface area contributed by atoms with Crippen molar-refractivity contribution in [3.63, 3.8) is 0 Å². The van der Waals surface area contributed by atoms with Gasteiger partial charge in [0.15, 0.2) is 5.96 Å². The van der Waals surface area contributed by atoms with Crippen LogP contribution in [0, 0.1) is 5.92 Å². The summed E-state index contributed by atoms with van der Waals surface area (Å²) < 4.78 is 10.8. The lowest BCUT2D eigenvalue weighted by molar-refractivity contribution is 0.00751. The van der Waals surface area contributed by atoms with Gasteiger partial charge in [-0.1, -0.05) is 13.8 Å². The fourth-order valence-electron chi connectivity index (χ4n) is 2.89. The van der Waals surface area contributed by atoms with Crippen LogP contribution in [0.5, 0.6) is 0 Å². The zero-order valence-electron chi connectivity index (χ0n) is 18.6. The topological polar surface area (TPSA) is 78.4 Å². The summed E-state index contributed by atoms with van der Waals surface area (Å²) in [5, 5.41) is 6.67. The van der Waals surface area contributed by atoms with Crippen LogP contribution in [0.3, 0.4) is 0 Å². The van der Waals surface area contributed by atoms with E-state index in [0.29, 0.717) is 25.0 Å². The van der Waals surface area contributed by atoms with E-state index < -0.39 is 5.60 Å². The first-order valence-electron chi connectivity index (χ1n) is 9.84. The van der Waals surface area contributed by atoms with Crippen LogP contribution in [0.15, 0.2) is 4.99 Å². The molecule has 1 unspecified atom stereocenters. The summed E-state index contributed by atoms with van der Waals surface area (Å²) in [5.74, 6) is 1.28. The van der Waals surface area contributed by atoms with Crippen LogP contribution in [-0.2, 0) is 9.47 Å². The van der Waals surface area contributed by atoms with E-state index in [2.05, 4.69) is 34.4 Å². The average Bonchev–Trinajstić information content (AvgIpc) is 2.59. The van der Waals surface area contributed by atoms with Crippen molar-refractivity contribution in [1.82, 2.24) is 20.4 Å². The van der Waals surface area contributed by atoms with Gasteiger partial charge in [-0.25, -0.2) is 4.79 Å². The zero-order valence-corrected chi connectivity index (χ0v) is 20.9. The lowest BCUT2D eigenvalue weighted by Crippen LogP contribution is -2.53. The molecule has 1 aliphatic rings. The van der Waals surface area contributed by atoms with Crippen molar-refractivity contribution >= 4 is 36.0 Å². The largest absolute Gasteiger partial charge is 0.444 e. The van der Waals surface area contributed by atoms with Crippen LogP contribution in [0.1, 0.15) is 34.6 Å². The van der Waals surface area contributed by atoms with E-state index in [-0.39, 0.29) is 30.1 Å². The van der Waals surface area contributed by atoms with Gasteiger partial charge >= 0.3 is 6.09 Å². The Morgan fingerprint density at radius 1 is 1.25 bits per heavy atom. The van der Waals surface area contributed by atoms with Crippen molar-refractivity contribution in [2.24, 2.45) is 10.9 Å². The van der Waals surface area contributed by atoms with Gasteiger partial charge in [0, 0.05) is 52.9 Å². The quantitative estimate of drug-likeness (QED) is 0.308. The third-order valence-corrected chi connectivity index (χ3v) is 4.43. The molecule has 0 aromatic heterocycles. The van der Waals surface area contributed by atoms with Gasteiger partial charge in [0.1, 0.15) is 5.60 Å². The molecular weight excluding hydrogens is 473 g/mol. The molecule has 8 nitrogen and oxygen atoms in total. The number of hydrogen-bond acceptors (Lipinski definition) is 5. The van der Waals surface area contributed by atoms with Gasteiger partial charge < -0.3 is 25.0 Å². The van der Waals surface area contributed by atoms with Crippen LogP contribution in [0.25, 0.3) is 0 Å². The third kappa shape index (κ3) is 10.7. The second kappa shape index (κ2) is 13.4. The minimum Gasteiger partial charge on any atom is -0.444 e. The molecule has 1 fully saturated rings. The van der Waals surface area contributed by atoms with Gasteiger partial charge in [-0.15, -0.1) is 24.0 Å². The first kappa shape index (κ1) is 27.2. The van der Waals surface area contributed by atoms with Gasteiger partial charge in [0.05, 0.1) is 13.2 Å². The molecule has 0 spiro atoms. The lowest BCUT2D eigenvalue weighted by Gasteiger charge is -2.37. The van der Waals surface area contributed by atoms with Gasteiger partial charge in [-0.2, -0.15) is 0 Å². The lowest BCUT2D eigenvalue weighted by atomic mass is 10.0. The molecule has 0 aliphatic carbocycles. The summed E-state index contributed by atoms with van der Waals surface area (Å²) >= 11 is 0. The van der Waals surface area contributed by atoms with Crippen molar-refractivity contribution in [3.05, 3.63) is 0 Å². The van der Waals surface area contributed by atoms with Gasteiger partial charge in [0.2, 0.25) is 0 Å². The fraction of sp³-hybridized carbons (Fsp3) is 0.895. The molecule has 0 bridgehead atoms. The smallest absolute Gasteiger partial charge is 0.410 e. The molecule has 0 aromatic rings. The first-order valence-corrected chi connectivity index (χ1v) is 9.84. The number of amides is 1. The number of guanidine groups is 1. The van der Waals surface area contributed by atoms with Crippen molar-refractivity contribution in [1.29, 1.82) is 0 Å². The Hall–Kier alpha value is -0.810. The van der Waals surface area contributed by atoms with Gasteiger partial charge in [0.25, 0.3) is 0 Å². The molecule has 166 valence electrons. The van der Waals surface area contributed by atoms with E-state index in [1.807, 2.05) is 20.8 Å². The van der Waals surface area contributed by atoms with E-state index in [9.17, 15) is 4.79 Å². The highest BCUT2D eigenvalue weighted by molar-refractivity contribution is 14.0. The van der Waals surface area contributed by atoms with E-state index in [1.54, 1.807) is 19.0 Å². The Balaban J connectivity index is 0.00000729. The molecule has 2 N–H and O–H groups in total. The number of rotatable bonds is 7. The summed E-state index contributed by atoms with van der Waals surface area (Å²) in [5.41, 5.74) is -0.484. The number of nitrogens with one attached hydrogen (secondary N) is 2. The Labute approximate surface area is 187 Å². The highest BCUT2D eigenvalue weighted by Gasteiger charge is 2.24.